The number of halogens is 21. The van der Waals surface area contributed by atoms with Crippen molar-refractivity contribution in [3.8, 4) is 0 Å². The van der Waals surface area contributed by atoms with Gasteiger partial charge in [-0.2, -0.15) is 92.2 Å². The molecule has 9 aliphatic heterocycles. The number of ether oxygens (including phenoxy) is 3. The van der Waals surface area contributed by atoms with Gasteiger partial charge in [0, 0.05) is 198 Å². The van der Waals surface area contributed by atoms with Crippen LogP contribution in [0.4, 0.5) is 124 Å². The number of carboxylic acid groups (broad SMARTS) is 3. The lowest BCUT2D eigenvalue weighted by atomic mass is 9.72. The van der Waals surface area contributed by atoms with Gasteiger partial charge < -0.3 is 58.9 Å². The minimum Gasteiger partial charge on any atom is -0.480 e. The van der Waals surface area contributed by atoms with Gasteiger partial charge >= 0.3 is 79.4 Å². The maximum atomic E-state index is 13.5. The molecule has 24 nitrogen and oxygen atoms in total. The number of rotatable bonds is 18. The lowest BCUT2D eigenvalue weighted by Gasteiger charge is -2.54. The summed E-state index contributed by atoms with van der Waals surface area (Å²) in [4.78, 5) is 89.3. The monoisotopic (exact) mass is 1720 g/mol. The molecule has 0 radical (unpaired) electrons. The lowest BCUT2D eigenvalue weighted by Crippen LogP contribution is -2.61. The van der Waals surface area contributed by atoms with E-state index < -0.39 is 103 Å². The Labute approximate surface area is 662 Å². The summed E-state index contributed by atoms with van der Waals surface area (Å²) in [5.41, 5.74) is 6.34. The third-order valence-corrected chi connectivity index (χ3v) is 22.6. The van der Waals surface area contributed by atoms with Crippen LogP contribution in [0.3, 0.4) is 0 Å². The number of carboxylic acids is 3. The van der Waals surface area contributed by atoms with Crippen LogP contribution in [0.5, 0.6) is 0 Å². The summed E-state index contributed by atoms with van der Waals surface area (Å²) in [6.45, 7) is 13.7. The average molecular weight is 1730 g/mol. The molecule has 0 bridgehead atoms. The van der Waals surface area contributed by atoms with Gasteiger partial charge in [-0.05, 0) is 104 Å². The Morgan fingerprint density at radius 2 is 0.610 bits per heavy atom. The highest BCUT2D eigenvalue weighted by Crippen LogP contribution is 2.48. The molecule has 9 saturated heterocycles. The van der Waals surface area contributed by atoms with Gasteiger partial charge in [0.15, 0.2) is 0 Å². The molecule has 3 N–H and O–H groups in total. The summed E-state index contributed by atoms with van der Waals surface area (Å²) >= 11 is 0. The van der Waals surface area contributed by atoms with Crippen molar-refractivity contribution in [3.63, 3.8) is 0 Å². The number of benzene rings is 3. The highest BCUT2D eigenvalue weighted by atomic mass is 19.4. The van der Waals surface area contributed by atoms with E-state index in [-0.39, 0.29) is 121 Å². The average Bonchev–Trinajstić information content (AvgIpc) is 1.50. The predicted octanol–water partition coefficient (Wildman–Crippen LogP) is 11.1. The van der Waals surface area contributed by atoms with E-state index in [1.54, 1.807) is 9.80 Å². The van der Waals surface area contributed by atoms with E-state index in [0.29, 0.717) is 56.9 Å². The van der Waals surface area contributed by atoms with Crippen LogP contribution in [-0.2, 0) is 54.4 Å². The van der Waals surface area contributed by atoms with Crippen molar-refractivity contribution < 1.29 is 150 Å². The van der Waals surface area contributed by atoms with E-state index in [4.69, 9.17) is 15.3 Å². The Kier molecular flexibility index (Phi) is 27.8. The van der Waals surface area contributed by atoms with Crippen LogP contribution in [0.2, 0.25) is 0 Å². The highest BCUT2D eigenvalue weighted by Gasteiger charge is 2.63. The first-order chi connectivity index (χ1) is 54.7. The Morgan fingerprint density at radius 3 is 0.958 bits per heavy atom. The van der Waals surface area contributed by atoms with Crippen molar-refractivity contribution in [2.45, 2.75) is 121 Å². The predicted molar refractivity (Wildman–Crippen MR) is 376 cm³/mol. The van der Waals surface area contributed by atoms with E-state index in [1.807, 2.05) is 62.6 Å². The first kappa shape index (κ1) is 91.9. The van der Waals surface area contributed by atoms with Crippen LogP contribution in [0, 0.1) is 30.1 Å². The Morgan fingerprint density at radius 1 is 0.331 bits per heavy atom. The molecular weight excluding hydrogens is 1640 g/mol. The van der Waals surface area contributed by atoms with Crippen LogP contribution in [-0.4, -0.2) is 328 Å². The Balaban J connectivity index is 0.000000187. The molecule has 0 aliphatic carbocycles. The van der Waals surface area contributed by atoms with Gasteiger partial charge in [-0.25, -0.2) is 14.4 Å². The van der Waals surface area contributed by atoms with E-state index >= 15 is 0 Å². The number of piperazine rings is 3. The summed E-state index contributed by atoms with van der Waals surface area (Å²) in [5.74, 6) is -2.63. The molecule has 0 atom stereocenters. The number of carbonyl (C=O) groups is 6. The van der Waals surface area contributed by atoms with Crippen molar-refractivity contribution in [1.29, 1.82) is 0 Å². The molecule has 12 rings (SSSR count). The zero-order chi connectivity index (χ0) is 86.8. The Bertz CT molecular complexity index is 3960. The first-order valence-corrected chi connectivity index (χ1v) is 37.6. The topological polar surface area (TPSA) is 230 Å². The third-order valence-electron chi connectivity index (χ3n) is 22.6. The van der Waals surface area contributed by atoms with Crippen LogP contribution in [0.1, 0.15) is 59.1 Å². The number of hydrogen-bond donors (Lipinski definition) is 3. The molecule has 0 saturated carbocycles. The van der Waals surface area contributed by atoms with Gasteiger partial charge in [0.25, 0.3) is 18.3 Å². The first-order valence-electron chi connectivity index (χ1n) is 37.6. The molecule has 3 spiro atoms. The summed E-state index contributed by atoms with van der Waals surface area (Å²) in [6.07, 6.45) is -53.4. The SMILES string of the molecule is Cc1ccc(CN2CCN(C(=O)OC(C(F)(F)F)C(F)(F)F)CC2)c(N2CC3(CCN(CC(=O)O)C3)C2)c1.Cc1ccc(CN2CCN(C(=O)OC(C(F)(F)F)C(F)(F)F)CC2)c(N2CCC3(CC2)CN(CC(=O)O)C3)c1.O=C(O)CN1CC2(CCN(c3cc(C(F)(F)F)ccc3CN3CCN(C(=O)OC(C(F)(F)F)C(F)(F)F)CC3)C2)C1. The number of likely N-dealkylation sites (tertiary alicyclic amines) is 3. The molecule has 9 fully saturated rings. The third kappa shape index (κ3) is 23.8. The molecule has 0 aromatic heterocycles. The number of carbonyl (C=O) groups excluding carboxylic acids is 3. The lowest BCUT2D eigenvalue weighted by molar-refractivity contribution is -0.309. The number of anilines is 3. The van der Waals surface area contributed by atoms with E-state index in [2.05, 4.69) is 36.1 Å². The second-order valence-corrected chi connectivity index (χ2v) is 31.9. The number of aryl methyl sites for hydroxylation is 2. The normalized spacial score (nSPS) is 20.7. The van der Waals surface area contributed by atoms with Crippen LogP contribution < -0.4 is 14.7 Å². The quantitative estimate of drug-likeness (QED) is 0.0794. The fraction of sp³-hybridized carbons (Fsp3) is 0.671. The van der Waals surface area contributed by atoms with E-state index in [9.17, 15) is 121 Å². The van der Waals surface area contributed by atoms with Crippen LogP contribution in [0.25, 0.3) is 0 Å². The Hall–Kier alpha value is -8.43. The maximum absolute atomic E-state index is 13.5. The van der Waals surface area contributed by atoms with Crippen LogP contribution >= 0.6 is 0 Å². The highest BCUT2D eigenvalue weighted by molar-refractivity contribution is 5.71. The van der Waals surface area contributed by atoms with Gasteiger partial charge in [0.2, 0.25) is 0 Å². The summed E-state index contributed by atoms with van der Waals surface area (Å²) in [6, 6.07) is 15.5. The fourth-order valence-electron chi connectivity index (χ4n) is 16.7. The van der Waals surface area contributed by atoms with Crippen molar-refractivity contribution >= 4 is 53.2 Å². The molecular formula is C73H89F21N12O12. The number of hydrogen-bond acceptors (Lipinski definition) is 18. The number of aliphatic carboxylic acids is 3. The molecule has 9 heterocycles. The fourth-order valence-corrected chi connectivity index (χ4v) is 16.7. The molecule has 45 heteroatoms. The number of nitrogens with zero attached hydrogens (tertiary/aromatic N) is 12. The molecule has 9 aliphatic rings. The van der Waals surface area contributed by atoms with Gasteiger partial charge in [-0.15, -0.1) is 0 Å². The van der Waals surface area contributed by atoms with Crippen molar-refractivity contribution in [3.05, 3.63) is 88.0 Å². The van der Waals surface area contributed by atoms with Crippen molar-refractivity contribution in [2.75, 3.05) is 191 Å². The minimum absolute atomic E-state index is 0.0318. The largest absolute Gasteiger partial charge is 0.480 e. The van der Waals surface area contributed by atoms with Crippen molar-refractivity contribution in [2.24, 2.45) is 16.2 Å². The second-order valence-electron chi connectivity index (χ2n) is 31.9. The summed E-state index contributed by atoms with van der Waals surface area (Å²) in [5, 5.41) is 27.0. The zero-order valence-corrected chi connectivity index (χ0v) is 63.8. The molecule has 118 heavy (non-hydrogen) atoms. The number of alkyl halides is 21. The van der Waals surface area contributed by atoms with Crippen LogP contribution in [0.15, 0.2) is 54.6 Å². The summed E-state index contributed by atoms with van der Waals surface area (Å²) < 4.78 is 281. The molecule has 660 valence electrons. The van der Waals surface area contributed by atoms with E-state index in [0.717, 1.165) is 132 Å². The van der Waals surface area contributed by atoms with Gasteiger partial charge in [-0.1, -0.05) is 30.3 Å². The van der Waals surface area contributed by atoms with Gasteiger partial charge in [0.05, 0.1) is 25.2 Å². The summed E-state index contributed by atoms with van der Waals surface area (Å²) in [7, 11) is 0. The van der Waals surface area contributed by atoms with E-state index in [1.165, 1.54) is 6.07 Å². The smallest absolute Gasteiger partial charge is 0.434 e. The molecule has 3 aromatic carbocycles. The molecule has 0 unspecified atom stereocenters. The second kappa shape index (κ2) is 35.7. The maximum Gasteiger partial charge on any atom is 0.434 e. The minimum atomic E-state index is -5.84. The zero-order valence-electron chi connectivity index (χ0n) is 63.8. The van der Waals surface area contributed by atoms with Crippen molar-refractivity contribution in [1.82, 2.24) is 44.1 Å². The van der Waals surface area contributed by atoms with Gasteiger partial charge in [-0.3, -0.25) is 43.8 Å². The molecule has 3 amide bonds. The molecule has 3 aromatic rings. The number of piperidine rings is 1. The number of amides is 3. The van der Waals surface area contributed by atoms with Gasteiger partial charge in [0.1, 0.15) is 0 Å². The standard InChI is InChI=1S/C25H32F6N4O4.C24H27F9N4O4.C24H30F6N4O4/c1-17-2-3-18(19(12-17)34-6-4-23(5-7-34)15-33(16-23)14-20(36)37)13-32-8-10-35(11-9-32)22(38)39-21(24(26,27)28)25(29,30)31;25-22(26,27)16-2-1-15(17(9-16)37-4-3-21(14-37)12-35(13-21)11-18(38)39)10-34-5-7-36(8-6-34)20(40)41-19(23(28,29)30)24(31,32)33;1-16-2-3-17(18(10-16)34-14-22(15-34)4-5-32(13-22)12-19(35)36)11-31-6-8-33(9-7-31)21(37)38-20(23(25,26)27)24(28,29)30/h2-3,12,21H,4-11,13-16H2,1H3,(H,36,37);1-2,9,19H,3-8,10-14H2,(H,38,39);2-3,10,20H,4-9,11-15H2,1H3,(H,35,36).